The van der Waals surface area contributed by atoms with Gasteiger partial charge in [0, 0.05) is 30.1 Å². The highest BCUT2D eigenvalue weighted by Crippen LogP contribution is 2.40. The van der Waals surface area contributed by atoms with Crippen molar-refractivity contribution in [2.75, 3.05) is 30.4 Å². The second-order valence-electron chi connectivity index (χ2n) is 11.7. The lowest BCUT2D eigenvalue weighted by Gasteiger charge is -2.37. The van der Waals surface area contributed by atoms with Crippen molar-refractivity contribution in [2.24, 2.45) is 23.5 Å². The van der Waals surface area contributed by atoms with E-state index in [-0.39, 0.29) is 36.1 Å². The Morgan fingerprint density at radius 3 is 2.58 bits per heavy atom. The highest BCUT2D eigenvalue weighted by molar-refractivity contribution is 6.12. The predicted octanol–water partition coefficient (Wildman–Crippen LogP) is 5.13. The van der Waals surface area contributed by atoms with Gasteiger partial charge in [0.25, 0.3) is 11.8 Å². The van der Waals surface area contributed by atoms with E-state index in [9.17, 15) is 14.4 Å². The average Bonchev–Trinajstić information content (AvgIpc) is 3.15. The van der Waals surface area contributed by atoms with Gasteiger partial charge in [-0.25, -0.2) is 0 Å². The fraction of sp³-hybridized carbons (Fsp3) is 0.531. The third kappa shape index (κ3) is 6.33. The lowest BCUT2D eigenvalue weighted by molar-refractivity contribution is -0.116. The van der Waals surface area contributed by atoms with Crippen LogP contribution in [0.4, 0.5) is 11.4 Å². The van der Waals surface area contributed by atoms with Crippen LogP contribution < -0.4 is 26.0 Å². The van der Waals surface area contributed by atoms with E-state index in [1.807, 2.05) is 12.1 Å². The number of anilines is 2. The molecule has 4 N–H and O–H groups in total. The molecular formula is C32H42N4O4. The Balaban J connectivity index is 1.43. The van der Waals surface area contributed by atoms with Gasteiger partial charge in [0.2, 0.25) is 5.91 Å². The van der Waals surface area contributed by atoms with Gasteiger partial charge < -0.3 is 26.0 Å². The van der Waals surface area contributed by atoms with Crippen LogP contribution in [0.2, 0.25) is 0 Å². The van der Waals surface area contributed by atoms with Crippen LogP contribution in [0.5, 0.6) is 5.75 Å². The number of methoxy groups -OCH3 is 1. The molecule has 2 aliphatic carbocycles. The summed E-state index contributed by atoms with van der Waals surface area (Å²) in [5.41, 5.74) is 7.98. The van der Waals surface area contributed by atoms with Gasteiger partial charge in [0.15, 0.2) is 0 Å². The minimum Gasteiger partial charge on any atom is -0.497 e. The first-order valence-corrected chi connectivity index (χ1v) is 14.9. The molecule has 3 aliphatic rings. The fourth-order valence-electron chi connectivity index (χ4n) is 6.84. The lowest BCUT2D eigenvalue weighted by atomic mass is 9.81. The molecule has 0 spiro atoms. The molecule has 8 nitrogen and oxygen atoms in total. The molecule has 0 bridgehead atoms. The number of ether oxygens (including phenoxy) is 1. The zero-order valence-corrected chi connectivity index (χ0v) is 23.5. The van der Waals surface area contributed by atoms with E-state index in [0.29, 0.717) is 53.2 Å². The van der Waals surface area contributed by atoms with Gasteiger partial charge in [0.05, 0.1) is 18.5 Å². The van der Waals surface area contributed by atoms with Gasteiger partial charge in [-0.1, -0.05) is 31.7 Å². The first-order chi connectivity index (χ1) is 19.5. The molecule has 0 aromatic heterocycles. The maximum atomic E-state index is 14.1. The first-order valence-electron chi connectivity index (χ1n) is 14.9. The zero-order valence-electron chi connectivity index (χ0n) is 23.5. The summed E-state index contributed by atoms with van der Waals surface area (Å²) < 4.78 is 5.38. The van der Waals surface area contributed by atoms with Crippen molar-refractivity contribution in [3.8, 4) is 5.75 Å². The quantitative estimate of drug-likeness (QED) is 0.446. The van der Waals surface area contributed by atoms with E-state index < -0.39 is 0 Å². The van der Waals surface area contributed by atoms with Crippen LogP contribution in [0.15, 0.2) is 42.5 Å². The summed E-state index contributed by atoms with van der Waals surface area (Å²) in [7, 11) is 1.58. The number of nitrogens with two attached hydrogens (primary N) is 1. The van der Waals surface area contributed by atoms with E-state index in [1.165, 1.54) is 6.42 Å². The van der Waals surface area contributed by atoms with E-state index in [1.54, 1.807) is 42.3 Å². The van der Waals surface area contributed by atoms with Crippen molar-refractivity contribution in [2.45, 2.75) is 70.3 Å². The second kappa shape index (κ2) is 12.9. The minimum atomic E-state index is -0.262. The van der Waals surface area contributed by atoms with Crippen molar-refractivity contribution in [1.29, 1.82) is 0 Å². The predicted molar refractivity (Wildman–Crippen MR) is 157 cm³/mol. The monoisotopic (exact) mass is 546 g/mol. The Labute approximate surface area is 237 Å². The molecule has 0 saturated heterocycles. The Bertz CT molecular complexity index is 1230. The summed E-state index contributed by atoms with van der Waals surface area (Å²) in [5, 5.41) is 6.11. The molecule has 2 aromatic carbocycles. The van der Waals surface area contributed by atoms with Crippen molar-refractivity contribution >= 4 is 29.1 Å². The van der Waals surface area contributed by atoms with Gasteiger partial charge in [-0.15, -0.1) is 0 Å². The summed E-state index contributed by atoms with van der Waals surface area (Å²) in [6.07, 6.45) is 10.0. The van der Waals surface area contributed by atoms with Crippen molar-refractivity contribution < 1.29 is 19.1 Å². The smallest absolute Gasteiger partial charge is 0.258 e. The van der Waals surface area contributed by atoms with Crippen LogP contribution >= 0.6 is 0 Å². The molecule has 1 heterocycles. The summed E-state index contributed by atoms with van der Waals surface area (Å²) in [6.45, 7) is 1.31. The SMILES string of the molecule is COc1cccc(C(=O)N2c3ccc(C(=O)NCC4CCCC(CN)C4)cc3NC(=O)CC2C2CCCCC2)c1. The Morgan fingerprint density at radius 1 is 1.00 bits per heavy atom. The van der Waals surface area contributed by atoms with Crippen LogP contribution in [0.25, 0.3) is 0 Å². The normalized spacial score (nSPS) is 23.5. The molecule has 3 atom stereocenters. The third-order valence-corrected chi connectivity index (χ3v) is 9.02. The van der Waals surface area contributed by atoms with E-state index >= 15 is 0 Å². The second-order valence-corrected chi connectivity index (χ2v) is 11.7. The van der Waals surface area contributed by atoms with Gasteiger partial charge >= 0.3 is 0 Å². The maximum absolute atomic E-state index is 14.1. The minimum absolute atomic E-state index is 0.134. The van der Waals surface area contributed by atoms with Crippen molar-refractivity contribution in [3.05, 3.63) is 53.6 Å². The maximum Gasteiger partial charge on any atom is 0.258 e. The van der Waals surface area contributed by atoms with Crippen LogP contribution in [0.3, 0.4) is 0 Å². The van der Waals surface area contributed by atoms with E-state index in [0.717, 1.165) is 51.4 Å². The van der Waals surface area contributed by atoms with Gasteiger partial charge in [-0.05, 0) is 92.8 Å². The van der Waals surface area contributed by atoms with Crippen molar-refractivity contribution in [1.82, 2.24) is 5.32 Å². The molecular weight excluding hydrogens is 504 g/mol. The number of nitrogens with one attached hydrogen (secondary N) is 2. The number of carbonyl (C=O) groups excluding carboxylic acids is 3. The summed E-state index contributed by atoms with van der Waals surface area (Å²) in [5.74, 6) is 1.32. The number of amides is 3. The standard InChI is InChI=1S/C32H42N4O4/c1-40-26-12-6-11-25(16-26)32(39)36-28-14-13-24(31(38)34-20-22-8-5-7-21(15-22)19-33)17-27(28)35-30(37)18-29(36)23-9-3-2-4-10-23/h6,11-14,16-17,21-23,29H,2-5,7-10,15,18-20,33H2,1H3,(H,34,38)(H,35,37). The molecule has 2 fully saturated rings. The molecule has 2 saturated carbocycles. The summed E-state index contributed by atoms with van der Waals surface area (Å²) in [4.78, 5) is 42.3. The third-order valence-electron chi connectivity index (χ3n) is 9.02. The molecule has 0 radical (unpaired) electrons. The number of fused-ring (bicyclic) bond motifs is 1. The molecule has 214 valence electrons. The Kier molecular flexibility index (Phi) is 9.04. The fourth-order valence-corrected chi connectivity index (χ4v) is 6.84. The molecule has 8 heteroatoms. The van der Waals surface area contributed by atoms with Crippen LogP contribution in [-0.4, -0.2) is 44.0 Å². The topological polar surface area (TPSA) is 114 Å². The number of rotatable bonds is 7. The number of nitrogens with zero attached hydrogens (tertiary/aromatic N) is 1. The van der Waals surface area contributed by atoms with Crippen LogP contribution in [0.1, 0.15) is 84.9 Å². The summed E-state index contributed by atoms with van der Waals surface area (Å²) >= 11 is 0. The van der Waals surface area contributed by atoms with Gasteiger partial charge in [0.1, 0.15) is 5.75 Å². The van der Waals surface area contributed by atoms with Crippen LogP contribution in [-0.2, 0) is 4.79 Å². The Morgan fingerprint density at radius 2 is 1.80 bits per heavy atom. The first kappa shape index (κ1) is 28.1. The van der Waals surface area contributed by atoms with Crippen LogP contribution in [0, 0.1) is 17.8 Å². The molecule has 40 heavy (non-hydrogen) atoms. The molecule has 5 rings (SSSR count). The number of hydrogen-bond donors (Lipinski definition) is 3. The molecule has 3 unspecified atom stereocenters. The number of hydrogen-bond acceptors (Lipinski definition) is 5. The lowest BCUT2D eigenvalue weighted by Crippen LogP contribution is -2.46. The zero-order chi connectivity index (χ0) is 28.1. The summed E-state index contributed by atoms with van der Waals surface area (Å²) in [6, 6.07) is 12.2. The molecule has 3 amide bonds. The number of benzene rings is 2. The largest absolute Gasteiger partial charge is 0.497 e. The van der Waals surface area contributed by atoms with E-state index in [2.05, 4.69) is 10.6 Å². The molecule has 2 aromatic rings. The highest BCUT2D eigenvalue weighted by atomic mass is 16.5. The van der Waals surface area contributed by atoms with Gasteiger partial charge in [-0.2, -0.15) is 0 Å². The van der Waals surface area contributed by atoms with Gasteiger partial charge in [-0.3, -0.25) is 14.4 Å². The Hall–Kier alpha value is -3.39. The average molecular weight is 547 g/mol. The van der Waals surface area contributed by atoms with Crippen molar-refractivity contribution in [3.63, 3.8) is 0 Å². The number of carbonyl (C=O) groups is 3. The highest BCUT2D eigenvalue weighted by Gasteiger charge is 2.38. The van der Waals surface area contributed by atoms with E-state index in [4.69, 9.17) is 10.5 Å². The molecule has 1 aliphatic heterocycles.